The van der Waals surface area contributed by atoms with Crippen LogP contribution in [0.25, 0.3) is 0 Å². The Labute approximate surface area is 105 Å². The normalized spacial score (nSPS) is 13.8. The number of rotatable bonds is 7. The quantitative estimate of drug-likeness (QED) is 0.672. The highest BCUT2D eigenvalue weighted by Gasteiger charge is 2.20. The van der Waals surface area contributed by atoms with Crippen molar-refractivity contribution in [3.63, 3.8) is 0 Å². The lowest BCUT2D eigenvalue weighted by atomic mass is 10.1. The summed E-state index contributed by atoms with van der Waals surface area (Å²) in [6.07, 6.45) is 0.425. The Hall–Kier alpha value is -0.650. The van der Waals surface area contributed by atoms with Crippen molar-refractivity contribution in [2.24, 2.45) is 5.73 Å². The summed E-state index contributed by atoms with van der Waals surface area (Å²) in [4.78, 5) is 13.8. The topological polar surface area (TPSA) is 67.6 Å². The van der Waals surface area contributed by atoms with E-state index in [1.54, 1.807) is 7.11 Å². The van der Waals surface area contributed by atoms with Crippen molar-refractivity contribution in [2.75, 3.05) is 33.9 Å². The van der Waals surface area contributed by atoms with E-state index >= 15 is 0 Å². The van der Waals surface area contributed by atoms with E-state index < -0.39 is 0 Å². The number of carbonyl (C=O) groups is 1. The van der Waals surface area contributed by atoms with Gasteiger partial charge in [0.25, 0.3) is 0 Å². The maximum Gasteiger partial charge on any atom is 0.222 e. The van der Waals surface area contributed by atoms with E-state index in [1.165, 1.54) is 0 Å². The first-order chi connectivity index (χ1) is 7.80. The van der Waals surface area contributed by atoms with Gasteiger partial charge in [0.1, 0.15) is 0 Å². The first-order valence-corrected chi connectivity index (χ1v) is 6.00. The Morgan fingerprint density at radius 1 is 1.47 bits per heavy atom. The number of ether oxygens (including phenoxy) is 1. The third kappa shape index (κ3) is 8.12. The molecule has 0 aliphatic heterocycles. The molecule has 5 heteroatoms. The van der Waals surface area contributed by atoms with E-state index in [4.69, 9.17) is 10.5 Å². The van der Waals surface area contributed by atoms with Gasteiger partial charge in [-0.05, 0) is 27.8 Å². The molecule has 0 fully saturated rings. The van der Waals surface area contributed by atoms with E-state index in [1.807, 2.05) is 27.8 Å². The number of hydrogen-bond acceptors (Lipinski definition) is 4. The fourth-order valence-electron chi connectivity index (χ4n) is 1.52. The van der Waals surface area contributed by atoms with Crippen LogP contribution in [-0.2, 0) is 9.53 Å². The summed E-state index contributed by atoms with van der Waals surface area (Å²) < 4.78 is 5.01. The average molecular weight is 245 g/mol. The Morgan fingerprint density at radius 2 is 2.06 bits per heavy atom. The van der Waals surface area contributed by atoms with Crippen LogP contribution < -0.4 is 11.1 Å². The minimum atomic E-state index is -0.193. The van der Waals surface area contributed by atoms with Crippen LogP contribution in [-0.4, -0.2) is 56.2 Å². The molecular weight excluding hydrogens is 218 g/mol. The minimum absolute atomic E-state index is 0.0391. The number of nitrogens with two attached hydrogens (primary N) is 1. The summed E-state index contributed by atoms with van der Waals surface area (Å²) in [5.41, 5.74) is 5.50. The first-order valence-electron chi connectivity index (χ1n) is 6.00. The number of carbonyl (C=O) groups excluding carboxylic acids is 1. The van der Waals surface area contributed by atoms with Crippen LogP contribution in [0.5, 0.6) is 0 Å². The van der Waals surface area contributed by atoms with Crippen LogP contribution in [0.4, 0.5) is 0 Å². The molecule has 3 N–H and O–H groups in total. The third-order valence-electron chi connectivity index (χ3n) is 2.48. The van der Waals surface area contributed by atoms with Gasteiger partial charge in [-0.1, -0.05) is 0 Å². The van der Waals surface area contributed by atoms with Crippen molar-refractivity contribution >= 4 is 5.91 Å². The van der Waals surface area contributed by atoms with Crippen molar-refractivity contribution in [2.45, 2.75) is 38.8 Å². The average Bonchev–Trinajstić information content (AvgIpc) is 2.19. The molecule has 0 aromatic heterocycles. The van der Waals surface area contributed by atoms with Crippen molar-refractivity contribution in [3.05, 3.63) is 0 Å². The first kappa shape index (κ1) is 16.4. The molecule has 0 spiro atoms. The molecule has 0 rings (SSSR count). The molecule has 1 atom stereocenters. The molecule has 0 aliphatic rings. The highest BCUT2D eigenvalue weighted by molar-refractivity contribution is 5.77. The molecule has 0 aliphatic carbocycles. The molecule has 1 unspecified atom stereocenters. The maximum atomic E-state index is 11.8. The molecule has 102 valence electrons. The van der Waals surface area contributed by atoms with E-state index in [2.05, 4.69) is 10.2 Å². The number of hydrogen-bond donors (Lipinski definition) is 2. The zero-order chi connectivity index (χ0) is 13.5. The van der Waals surface area contributed by atoms with E-state index in [0.717, 1.165) is 6.54 Å². The summed E-state index contributed by atoms with van der Waals surface area (Å²) in [6.45, 7) is 7.80. The summed E-state index contributed by atoms with van der Waals surface area (Å²) in [5.74, 6) is 0.0391. The number of methoxy groups -OCH3 is 1. The van der Waals surface area contributed by atoms with E-state index in [0.29, 0.717) is 19.6 Å². The van der Waals surface area contributed by atoms with Gasteiger partial charge in [-0.3, -0.25) is 9.69 Å². The van der Waals surface area contributed by atoms with Crippen LogP contribution in [0.15, 0.2) is 0 Å². The monoisotopic (exact) mass is 245 g/mol. The largest absolute Gasteiger partial charge is 0.383 e. The van der Waals surface area contributed by atoms with Gasteiger partial charge in [0, 0.05) is 38.2 Å². The summed E-state index contributed by atoms with van der Waals surface area (Å²) in [5, 5.41) is 2.94. The third-order valence-corrected chi connectivity index (χ3v) is 2.48. The summed E-state index contributed by atoms with van der Waals surface area (Å²) in [6, 6.07) is 0.0625. The summed E-state index contributed by atoms with van der Waals surface area (Å²) in [7, 11) is 3.62. The molecule has 0 saturated heterocycles. The molecule has 0 radical (unpaired) electrons. The molecular formula is C12H27N3O2. The lowest BCUT2D eigenvalue weighted by Gasteiger charge is -2.28. The van der Waals surface area contributed by atoms with Gasteiger partial charge in [-0.15, -0.1) is 0 Å². The second-order valence-electron chi connectivity index (χ2n) is 5.37. The number of amides is 1. The number of nitrogens with zero attached hydrogens (tertiary/aromatic N) is 1. The maximum absolute atomic E-state index is 11.8. The molecule has 0 bridgehead atoms. The van der Waals surface area contributed by atoms with Crippen molar-refractivity contribution in [3.8, 4) is 0 Å². The van der Waals surface area contributed by atoms with Gasteiger partial charge in [0.2, 0.25) is 5.91 Å². The predicted molar refractivity (Wildman–Crippen MR) is 69.9 cm³/mol. The molecule has 1 amide bonds. The Bertz CT molecular complexity index is 226. The fourth-order valence-corrected chi connectivity index (χ4v) is 1.52. The molecule has 0 saturated carbocycles. The highest BCUT2D eigenvalue weighted by Crippen LogP contribution is 2.04. The van der Waals surface area contributed by atoms with Crippen LogP contribution in [0.1, 0.15) is 27.2 Å². The van der Waals surface area contributed by atoms with Crippen molar-refractivity contribution < 1.29 is 9.53 Å². The SMILES string of the molecule is COCCN(C)C(CN)CC(=O)NC(C)(C)C. The fraction of sp³-hybridized carbons (Fsp3) is 0.917. The standard InChI is InChI=1S/C12H27N3O2/c1-12(2,3)14-11(16)8-10(9-13)15(4)6-7-17-5/h10H,6-9,13H2,1-5H3,(H,14,16). The Balaban J connectivity index is 4.15. The zero-order valence-corrected chi connectivity index (χ0v) is 11.7. The molecule has 0 aromatic carbocycles. The second-order valence-corrected chi connectivity index (χ2v) is 5.37. The molecule has 0 heterocycles. The lowest BCUT2D eigenvalue weighted by molar-refractivity contribution is -0.123. The van der Waals surface area contributed by atoms with Crippen molar-refractivity contribution in [1.82, 2.24) is 10.2 Å². The van der Waals surface area contributed by atoms with Crippen LogP contribution in [0.3, 0.4) is 0 Å². The predicted octanol–water partition coefficient (Wildman–Crippen LogP) is 0.197. The second kappa shape index (κ2) is 7.63. The van der Waals surface area contributed by atoms with Gasteiger partial charge in [-0.2, -0.15) is 0 Å². The zero-order valence-electron chi connectivity index (χ0n) is 11.7. The summed E-state index contributed by atoms with van der Waals surface area (Å²) >= 11 is 0. The number of nitrogens with one attached hydrogen (secondary N) is 1. The van der Waals surface area contributed by atoms with Gasteiger partial charge in [0.05, 0.1) is 6.61 Å². The van der Waals surface area contributed by atoms with Crippen LogP contribution >= 0.6 is 0 Å². The Morgan fingerprint density at radius 3 is 2.47 bits per heavy atom. The molecule has 5 nitrogen and oxygen atoms in total. The van der Waals surface area contributed by atoms with Gasteiger partial charge in [-0.25, -0.2) is 0 Å². The number of likely N-dealkylation sites (N-methyl/N-ethyl adjacent to an activating group) is 1. The molecule has 0 aromatic rings. The van der Waals surface area contributed by atoms with Crippen LogP contribution in [0, 0.1) is 0 Å². The van der Waals surface area contributed by atoms with Crippen LogP contribution in [0.2, 0.25) is 0 Å². The van der Waals surface area contributed by atoms with Gasteiger partial charge >= 0.3 is 0 Å². The van der Waals surface area contributed by atoms with Gasteiger partial charge in [0.15, 0.2) is 0 Å². The van der Waals surface area contributed by atoms with E-state index in [-0.39, 0.29) is 17.5 Å². The Kier molecular flexibility index (Phi) is 7.34. The lowest BCUT2D eigenvalue weighted by Crippen LogP contribution is -2.47. The van der Waals surface area contributed by atoms with E-state index in [9.17, 15) is 4.79 Å². The highest BCUT2D eigenvalue weighted by atomic mass is 16.5. The smallest absolute Gasteiger partial charge is 0.222 e. The van der Waals surface area contributed by atoms with Crippen molar-refractivity contribution in [1.29, 1.82) is 0 Å². The minimum Gasteiger partial charge on any atom is -0.383 e. The van der Waals surface area contributed by atoms with Gasteiger partial charge < -0.3 is 15.8 Å². The molecule has 17 heavy (non-hydrogen) atoms.